The summed E-state index contributed by atoms with van der Waals surface area (Å²) in [6, 6.07) is 4.94. The van der Waals surface area contributed by atoms with Gasteiger partial charge in [-0.05, 0) is 49.9 Å². The van der Waals surface area contributed by atoms with E-state index in [1.54, 1.807) is 25.1 Å². The zero-order chi connectivity index (χ0) is 18.7. The van der Waals surface area contributed by atoms with Gasteiger partial charge in [0.05, 0.1) is 26.4 Å². The van der Waals surface area contributed by atoms with Gasteiger partial charge in [-0.2, -0.15) is 0 Å². The molecule has 3 rings (SSSR count). The van der Waals surface area contributed by atoms with Crippen molar-refractivity contribution in [3.8, 4) is 11.5 Å². The summed E-state index contributed by atoms with van der Waals surface area (Å²) in [4.78, 5) is 26.2. The van der Waals surface area contributed by atoms with E-state index in [2.05, 4.69) is 5.32 Å². The number of hydrogen-bond acceptors (Lipinski definition) is 6. The van der Waals surface area contributed by atoms with Crippen LogP contribution >= 0.6 is 11.3 Å². The number of nitrogens with one attached hydrogen (secondary N) is 1. The molecule has 0 radical (unpaired) electrons. The molecule has 1 aromatic heterocycles. The molecule has 26 heavy (non-hydrogen) atoms. The first-order chi connectivity index (χ1) is 12.6. The fourth-order valence-corrected chi connectivity index (χ4v) is 4.34. The van der Waals surface area contributed by atoms with E-state index in [0.29, 0.717) is 34.2 Å². The minimum Gasteiger partial charge on any atom is -0.493 e. The molecule has 2 aromatic rings. The van der Waals surface area contributed by atoms with Gasteiger partial charge in [-0.1, -0.05) is 0 Å². The highest BCUT2D eigenvalue weighted by Crippen LogP contribution is 2.40. The predicted molar refractivity (Wildman–Crippen MR) is 99.8 cm³/mol. The number of anilines is 1. The lowest BCUT2D eigenvalue weighted by atomic mass is 10.1. The first-order valence-corrected chi connectivity index (χ1v) is 9.25. The molecule has 6 nitrogen and oxygen atoms in total. The van der Waals surface area contributed by atoms with Crippen LogP contribution in [0.3, 0.4) is 0 Å². The van der Waals surface area contributed by atoms with E-state index >= 15 is 0 Å². The van der Waals surface area contributed by atoms with Crippen LogP contribution in [0.1, 0.15) is 44.5 Å². The quantitative estimate of drug-likeness (QED) is 0.780. The summed E-state index contributed by atoms with van der Waals surface area (Å²) in [5.74, 6) is 0.330. The molecule has 1 heterocycles. The van der Waals surface area contributed by atoms with Crippen LogP contribution in [0.2, 0.25) is 0 Å². The van der Waals surface area contributed by atoms with Crippen LogP contribution < -0.4 is 14.8 Å². The van der Waals surface area contributed by atoms with E-state index in [1.165, 1.54) is 25.6 Å². The van der Waals surface area contributed by atoms with Crippen LogP contribution in [0.25, 0.3) is 0 Å². The molecule has 1 aliphatic rings. The lowest BCUT2D eigenvalue weighted by Crippen LogP contribution is -2.15. The van der Waals surface area contributed by atoms with Crippen molar-refractivity contribution in [3.05, 3.63) is 39.8 Å². The Morgan fingerprint density at radius 2 is 1.92 bits per heavy atom. The highest BCUT2D eigenvalue weighted by molar-refractivity contribution is 7.17. The molecule has 0 saturated carbocycles. The fraction of sp³-hybridized carbons (Fsp3) is 0.368. The number of hydrogen-bond donors (Lipinski definition) is 1. The highest BCUT2D eigenvalue weighted by atomic mass is 32.1. The lowest BCUT2D eigenvalue weighted by molar-refractivity contribution is 0.0527. The van der Waals surface area contributed by atoms with E-state index in [0.717, 1.165) is 29.7 Å². The second-order valence-electron chi connectivity index (χ2n) is 5.81. The molecule has 7 heteroatoms. The standard InChI is InChI=1S/C19H21NO5S/c1-4-25-19(22)16-12-6-5-7-15(12)26-18(16)20-17(21)11-8-9-13(23-2)14(10-11)24-3/h8-10H,4-7H2,1-3H3,(H,20,21). The third-order valence-corrected chi connectivity index (χ3v) is 5.48. The summed E-state index contributed by atoms with van der Waals surface area (Å²) in [5, 5.41) is 3.42. The van der Waals surface area contributed by atoms with Crippen molar-refractivity contribution >= 4 is 28.2 Å². The van der Waals surface area contributed by atoms with E-state index in [1.807, 2.05) is 0 Å². The Morgan fingerprint density at radius 3 is 2.62 bits per heavy atom. The summed E-state index contributed by atoms with van der Waals surface area (Å²) >= 11 is 1.45. The van der Waals surface area contributed by atoms with Crippen molar-refractivity contribution in [2.45, 2.75) is 26.2 Å². The monoisotopic (exact) mass is 375 g/mol. The second-order valence-corrected chi connectivity index (χ2v) is 6.91. The minimum atomic E-state index is -0.380. The smallest absolute Gasteiger partial charge is 0.341 e. The fourth-order valence-electron chi connectivity index (χ4n) is 3.06. The number of aryl methyl sites for hydroxylation is 1. The number of carbonyl (C=O) groups is 2. The molecule has 1 N–H and O–H groups in total. The number of carbonyl (C=O) groups excluding carboxylic acids is 2. The first kappa shape index (κ1) is 18.3. The van der Waals surface area contributed by atoms with Gasteiger partial charge in [-0.25, -0.2) is 4.79 Å². The van der Waals surface area contributed by atoms with Gasteiger partial charge in [-0.3, -0.25) is 4.79 Å². The second kappa shape index (κ2) is 7.78. The predicted octanol–water partition coefficient (Wildman–Crippen LogP) is 3.68. The Labute approximate surface area is 156 Å². The number of methoxy groups -OCH3 is 2. The van der Waals surface area contributed by atoms with Gasteiger partial charge in [0.2, 0.25) is 0 Å². The van der Waals surface area contributed by atoms with Crippen molar-refractivity contribution in [2.75, 3.05) is 26.1 Å². The Hall–Kier alpha value is -2.54. The van der Waals surface area contributed by atoms with Crippen molar-refractivity contribution < 1.29 is 23.8 Å². The summed E-state index contributed by atoms with van der Waals surface area (Å²) in [7, 11) is 3.05. The van der Waals surface area contributed by atoms with Gasteiger partial charge < -0.3 is 19.5 Å². The van der Waals surface area contributed by atoms with Crippen molar-refractivity contribution in [2.24, 2.45) is 0 Å². The number of ether oxygens (including phenoxy) is 3. The minimum absolute atomic E-state index is 0.298. The number of thiophene rings is 1. The van der Waals surface area contributed by atoms with Gasteiger partial charge in [0.25, 0.3) is 5.91 Å². The van der Waals surface area contributed by atoms with Crippen LogP contribution in [0.15, 0.2) is 18.2 Å². The van der Waals surface area contributed by atoms with Crippen LogP contribution in [0.5, 0.6) is 11.5 Å². The maximum absolute atomic E-state index is 12.7. The normalized spacial score (nSPS) is 12.4. The Kier molecular flexibility index (Phi) is 5.46. The molecule has 0 spiro atoms. The maximum Gasteiger partial charge on any atom is 0.341 e. The molecule has 0 saturated heterocycles. The zero-order valence-electron chi connectivity index (χ0n) is 15.0. The van der Waals surface area contributed by atoms with E-state index in [9.17, 15) is 9.59 Å². The lowest BCUT2D eigenvalue weighted by Gasteiger charge is -2.10. The van der Waals surface area contributed by atoms with E-state index < -0.39 is 0 Å². The summed E-state index contributed by atoms with van der Waals surface area (Å²) in [6.07, 6.45) is 2.79. The number of esters is 1. The van der Waals surface area contributed by atoms with Crippen molar-refractivity contribution in [1.29, 1.82) is 0 Å². The van der Waals surface area contributed by atoms with Crippen LogP contribution in [-0.4, -0.2) is 32.7 Å². The van der Waals surface area contributed by atoms with Gasteiger partial charge in [0, 0.05) is 10.4 Å². The van der Waals surface area contributed by atoms with Crippen molar-refractivity contribution in [1.82, 2.24) is 0 Å². The maximum atomic E-state index is 12.7. The number of fused-ring (bicyclic) bond motifs is 1. The number of benzene rings is 1. The van der Waals surface area contributed by atoms with Gasteiger partial charge in [0.1, 0.15) is 5.00 Å². The van der Waals surface area contributed by atoms with Crippen LogP contribution in [0.4, 0.5) is 5.00 Å². The highest BCUT2D eigenvalue weighted by Gasteiger charge is 2.28. The number of amides is 1. The third-order valence-electron chi connectivity index (χ3n) is 4.27. The summed E-state index contributed by atoms with van der Waals surface area (Å²) in [6.45, 7) is 2.07. The molecule has 138 valence electrons. The molecule has 0 unspecified atom stereocenters. The molecular weight excluding hydrogens is 354 g/mol. The van der Waals surface area contributed by atoms with Gasteiger partial charge in [-0.15, -0.1) is 11.3 Å². The number of rotatable bonds is 6. The molecular formula is C19H21NO5S. The zero-order valence-corrected chi connectivity index (χ0v) is 15.8. The third kappa shape index (κ3) is 3.39. The molecule has 0 fully saturated rings. The molecule has 1 aromatic carbocycles. The first-order valence-electron chi connectivity index (χ1n) is 8.44. The van der Waals surface area contributed by atoms with Crippen LogP contribution in [-0.2, 0) is 17.6 Å². The molecule has 0 bridgehead atoms. The Morgan fingerprint density at radius 1 is 1.15 bits per heavy atom. The molecule has 1 amide bonds. The summed E-state index contributed by atoms with van der Waals surface area (Å²) in [5.41, 5.74) is 1.93. The topological polar surface area (TPSA) is 73.9 Å². The van der Waals surface area contributed by atoms with E-state index in [-0.39, 0.29) is 11.9 Å². The molecule has 1 aliphatic carbocycles. The van der Waals surface area contributed by atoms with Crippen molar-refractivity contribution in [3.63, 3.8) is 0 Å². The van der Waals surface area contributed by atoms with E-state index in [4.69, 9.17) is 14.2 Å². The summed E-state index contributed by atoms with van der Waals surface area (Å²) < 4.78 is 15.6. The Balaban J connectivity index is 1.89. The molecule has 0 atom stereocenters. The van der Waals surface area contributed by atoms with Gasteiger partial charge in [0.15, 0.2) is 11.5 Å². The average Bonchev–Trinajstić information content (AvgIpc) is 3.21. The molecule has 0 aliphatic heterocycles. The SMILES string of the molecule is CCOC(=O)c1c(NC(=O)c2ccc(OC)c(OC)c2)sc2c1CCC2. The average molecular weight is 375 g/mol. The van der Waals surface area contributed by atoms with Crippen LogP contribution in [0, 0.1) is 0 Å². The largest absolute Gasteiger partial charge is 0.493 e. The van der Waals surface area contributed by atoms with Gasteiger partial charge >= 0.3 is 5.97 Å². The Bertz CT molecular complexity index is 843.